The van der Waals surface area contributed by atoms with Crippen LogP contribution in [-0.2, 0) is 0 Å². The fourth-order valence-corrected chi connectivity index (χ4v) is 2.58. The molecule has 1 aromatic rings. The molecule has 1 aliphatic heterocycles. The zero-order chi connectivity index (χ0) is 11.5. The first-order chi connectivity index (χ1) is 7.70. The van der Waals surface area contributed by atoms with Crippen LogP contribution >= 0.6 is 11.6 Å². The van der Waals surface area contributed by atoms with Gasteiger partial charge in [0.05, 0.1) is 0 Å². The fourth-order valence-electron chi connectivity index (χ4n) is 2.26. The van der Waals surface area contributed by atoms with E-state index in [9.17, 15) is 0 Å². The minimum absolute atomic E-state index is 0.400. The van der Waals surface area contributed by atoms with Crippen molar-refractivity contribution < 1.29 is 0 Å². The number of alkyl halides is 1. The quantitative estimate of drug-likeness (QED) is 0.743. The Morgan fingerprint density at radius 3 is 2.62 bits per heavy atom. The highest BCUT2D eigenvalue weighted by atomic mass is 35.5. The summed E-state index contributed by atoms with van der Waals surface area (Å²) in [6.45, 7) is 5.05. The Balaban J connectivity index is 2.26. The van der Waals surface area contributed by atoms with E-state index in [2.05, 4.69) is 14.9 Å². The molecule has 1 unspecified atom stereocenters. The molecule has 2 heterocycles. The lowest BCUT2D eigenvalue weighted by Gasteiger charge is -2.34. The highest BCUT2D eigenvalue weighted by Crippen LogP contribution is 2.22. The van der Waals surface area contributed by atoms with Gasteiger partial charge in [-0.05, 0) is 39.2 Å². The monoisotopic (exact) mass is 239 g/mol. The van der Waals surface area contributed by atoms with Crippen molar-refractivity contribution in [2.45, 2.75) is 39.2 Å². The summed E-state index contributed by atoms with van der Waals surface area (Å²) in [5, 5.41) is 0. The number of nitrogens with zero attached hydrogens (tertiary/aromatic N) is 3. The standard InChI is InChI=1S/C12H18ClN3/c1-9-7-10(2)15-12(14-9)16-6-4-3-5-11(16)8-13/h7,11H,3-6,8H2,1-2H3. The van der Waals surface area contributed by atoms with Crippen molar-refractivity contribution in [2.75, 3.05) is 17.3 Å². The van der Waals surface area contributed by atoms with Gasteiger partial charge in [-0.2, -0.15) is 0 Å². The molecule has 0 radical (unpaired) electrons. The van der Waals surface area contributed by atoms with Gasteiger partial charge in [0.1, 0.15) is 0 Å². The number of halogens is 1. The summed E-state index contributed by atoms with van der Waals surface area (Å²) < 4.78 is 0. The van der Waals surface area contributed by atoms with E-state index < -0.39 is 0 Å². The normalized spacial score (nSPS) is 21.2. The van der Waals surface area contributed by atoms with Crippen LogP contribution in [0.1, 0.15) is 30.7 Å². The third-order valence-electron chi connectivity index (χ3n) is 3.03. The van der Waals surface area contributed by atoms with Crippen molar-refractivity contribution in [3.63, 3.8) is 0 Å². The molecular formula is C12H18ClN3. The minimum Gasteiger partial charge on any atom is -0.337 e. The summed E-state index contributed by atoms with van der Waals surface area (Å²) in [5.41, 5.74) is 2.06. The first-order valence-corrected chi connectivity index (χ1v) is 6.39. The Labute approximate surface area is 102 Å². The van der Waals surface area contributed by atoms with Crippen LogP contribution in [0.5, 0.6) is 0 Å². The number of aryl methyl sites for hydroxylation is 2. The highest BCUT2D eigenvalue weighted by molar-refractivity contribution is 6.18. The van der Waals surface area contributed by atoms with Crippen molar-refractivity contribution in [1.82, 2.24) is 9.97 Å². The Hall–Kier alpha value is -0.830. The van der Waals surface area contributed by atoms with Crippen LogP contribution in [0.25, 0.3) is 0 Å². The van der Waals surface area contributed by atoms with E-state index in [1.54, 1.807) is 0 Å². The number of rotatable bonds is 2. The second-order valence-corrected chi connectivity index (χ2v) is 4.76. The Morgan fingerprint density at radius 2 is 2.00 bits per heavy atom. The molecule has 0 amide bonds. The van der Waals surface area contributed by atoms with Gasteiger partial charge in [-0.1, -0.05) is 0 Å². The SMILES string of the molecule is Cc1cc(C)nc(N2CCCCC2CCl)n1. The molecule has 88 valence electrons. The number of piperidine rings is 1. The Morgan fingerprint density at radius 1 is 1.31 bits per heavy atom. The first-order valence-electron chi connectivity index (χ1n) is 5.85. The van der Waals surface area contributed by atoms with E-state index in [4.69, 9.17) is 11.6 Å². The zero-order valence-corrected chi connectivity index (χ0v) is 10.7. The molecule has 1 saturated heterocycles. The summed E-state index contributed by atoms with van der Waals surface area (Å²) in [5.74, 6) is 1.51. The topological polar surface area (TPSA) is 29.0 Å². The van der Waals surface area contributed by atoms with E-state index in [0.717, 1.165) is 30.3 Å². The molecule has 0 N–H and O–H groups in total. The Kier molecular flexibility index (Phi) is 3.64. The van der Waals surface area contributed by atoms with Crippen LogP contribution in [0.4, 0.5) is 5.95 Å². The van der Waals surface area contributed by atoms with Gasteiger partial charge in [-0.25, -0.2) is 9.97 Å². The van der Waals surface area contributed by atoms with Crippen molar-refractivity contribution >= 4 is 17.5 Å². The molecule has 1 aromatic heterocycles. The second kappa shape index (κ2) is 5.00. The molecular weight excluding hydrogens is 222 g/mol. The van der Waals surface area contributed by atoms with Gasteiger partial charge in [0.25, 0.3) is 0 Å². The second-order valence-electron chi connectivity index (χ2n) is 4.45. The van der Waals surface area contributed by atoms with Gasteiger partial charge >= 0.3 is 0 Å². The van der Waals surface area contributed by atoms with Crippen LogP contribution in [0.3, 0.4) is 0 Å². The van der Waals surface area contributed by atoms with Gasteiger partial charge in [0, 0.05) is 29.9 Å². The van der Waals surface area contributed by atoms with Gasteiger partial charge in [-0.15, -0.1) is 11.6 Å². The third-order valence-corrected chi connectivity index (χ3v) is 3.39. The highest BCUT2D eigenvalue weighted by Gasteiger charge is 2.23. The average Bonchev–Trinajstić information content (AvgIpc) is 2.27. The number of anilines is 1. The maximum absolute atomic E-state index is 6.01. The lowest BCUT2D eigenvalue weighted by molar-refractivity contribution is 0.479. The molecule has 0 saturated carbocycles. The molecule has 1 aliphatic rings. The predicted molar refractivity (Wildman–Crippen MR) is 67.2 cm³/mol. The first kappa shape index (κ1) is 11.6. The smallest absolute Gasteiger partial charge is 0.226 e. The molecule has 0 spiro atoms. The molecule has 16 heavy (non-hydrogen) atoms. The van der Waals surface area contributed by atoms with Crippen LogP contribution in [0, 0.1) is 13.8 Å². The number of hydrogen-bond acceptors (Lipinski definition) is 3. The molecule has 4 heteroatoms. The largest absolute Gasteiger partial charge is 0.337 e. The van der Waals surface area contributed by atoms with Crippen molar-refractivity contribution in [3.05, 3.63) is 17.5 Å². The maximum Gasteiger partial charge on any atom is 0.226 e. The van der Waals surface area contributed by atoms with Crippen LogP contribution < -0.4 is 4.90 Å². The average molecular weight is 240 g/mol. The number of hydrogen-bond donors (Lipinski definition) is 0. The van der Waals surface area contributed by atoms with E-state index in [-0.39, 0.29) is 0 Å². The van der Waals surface area contributed by atoms with Crippen molar-refractivity contribution in [1.29, 1.82) is 0 Å². The maximum atomic E-state index is 6.01. The molecule has 2 rings (SSSR count). The fraction of sp³-hybridized carbons (Fsp3) is 0.667. The van der Waals surface area contributed by atoms with Gasteiger partial charge in [0.15, 0.2) is 0 Å². The molecule has 0 bridgehead atoms. The van der Waals surface area contributed by atoms with E-state index in [0.29, 0.717) is 11.9 Å². The van der Waals surface area contributed by atoms with Gasteiger partial charge in [0.2, 0.25) is 5.95 Å². The summed E-state index contributed by atoms with van der Waals surface area (Å²) in [6, 6.07) is 2.40. The van der Waals surface area contributed by atoms with Crippen molar-refractivity contribution in [2.24, 2.45) is 0 Å². The summed E-state index contributed by atoms with van der Waals surface area (Å²) in [6.07, 6.45) is 3.63. The molecule has 0 aliphatic carbocycles. The predicted octanol–water partition coefficient (Wildman–Crippen LogP) is 2.69. The number of aromatic nitrogens is 2. The third kappa shape index (κ3) is 2.46. The molecule has 3 nitrogen and oxygen atoms in total. The zero-order valence-electron chi connectivity index (χ0n) is 9.91. The summed E-state index contributed by atoms with van der Waals surface area (Å²) in [7, 11) is 0. The summed E-state index contributed by atoms with van der Waals surface area (Å²) >= 11 is 6.01. The van der Waals surface area contributed by atoms with E-state index in [1.807, 2.05) is 19.9 Å². The van der Waals surface area contributed by atoms with Gasteiger partial charge in [-0.3, -0.25) is 0 Å². The molecule has 1 atom stereocenters. The van der Waals surface area contributed by atoms with Crippen LogP contribution in [-0.4, -0.2) is 28.4 Å². The Bertz CT molecular complexity index is 347. The molecule has 1 fully saturated rings. The van der Waals surface area contributed by atoms with Crippen molar-refractivity contribution in [3.8, 4) is 0 Å². The summed E-state index contributed by atoms with van der Waals surface area (Å²) in [4.78, 5) is 11.3. The van der Waals surface area contributed by atoms with Gasteiger partial charge < -0.3 is 4.90 Å². The lowest BCUT2D eigenvalue weighted by atomic mass is 10.0. The molecule has 0 aromatic carbocycles. The van der Waals surface area contributed by atoms with Crippen LogP contribution in [0.15, 0.2) is 6.07 Å². The van der Waals surface area contributed by atoms with Crippen LogP contribution in [0.2, 0.25) is 0 Å². The van der Waals surface area contributed by atoms with E-state index in [1.165, 1.54) is 12.8 Å². The van der Waals surface area contributed by atoms with E-state index >= 15 is 0 Å². The lowest BCUT2D eigenvalue weighted by Crippen LogP contribution is -2.42. The minimum atomic E-state index is 0.400.